The molecule has 0 saturated carbocycles. The molecule has 0 bridgehead atoms. The number of rotatable bonds is 17. The zero-order valence-corrected chi connectivity index (χ0v) is 26.9. The molecule has 0 aliphatic heterocycles. The van der Waals surface area contributed by atoms with Crippen LogP contribution in [0.15, 0.2) is 78.9 Å². The molecule has 0 heterocycles. The lowest BCUT2D eigenvalue weighted by Crippen LogP contribution is -2.32. The van der Waals surface area contributed by atoms with E-state index in [4.69, 9.17) is 20.7 Å². The molecule has 0 unspecified atom stereocenters. The molecule has 0 aromatic heterocycles. The third kappa shape index (κ3) is 8.77. The molecule has 216 valence electrons. The minimum atomic E-state index is -2.30. The van der Waals surface area contributed by atoms with Crippen LogP contribution in [0.5, 0.6) is 0 Å². The van der Waals surface area contributed by atoms with Crippen LogP contribution in [0.2, 0.25) is 0 Å². The third-order valence-electron chi connectivity index (χ3n) is 7.64. The van der Waals surface area contributed by atoms with Crippen molar-refractivity contribution in [3.05, 3.63) is 101 Å². The summed E-state index contributed by atoms with van der Waals surface area (Å²) < 4.78 is 11.3. The summed E-state index contributed by atoms with van der Waals surface area (Å²) in [5.74, 6) is 0. The van der Waals surface area contributed by atoms with Crippen LogP contribution in [0.1, 0.15) is 81.0 Å². The van der Waals surface area contributed by atoms with E-state index in [2.05, 4.69) is 99.7 Å². The second-order valence-electron chi connectivity index (χ2n) is 10.6. The molecule has 3 rings (SSSR count). The van der Waals surface area contributed by atoms with Crippen LogP contribution < -0.4 is 15.9 Å². The maximum Gasteiger partial charge on any atom is 0.211 e. The van der Waals surface area contributed by atoms with Crippen molar-refractivity contribution < 1.29 is 9.47 Å². The Kier molecular flexibility index (Phi) is 13.9. The topological polar surface area (TPSA) is 18.5 Å². The van der Waals surface area contributed by atoms with Gasteiger partial charge in [0.2, 0.25) is 6.62 Å². The van der Waals surface area contributed by atoms with Crippen molar-refractivity contribution in [2.45, 2.75) is 92.3 Å². The number of hydrogen-bond donors (Lipinski definition) is 0. The van der Waals surface area contributed by atoms with Crippen LogP contribution in [0.3, 0.4) is 0 Å². The minimum absolute atomic E-state index is 0.0352. The van der Waals surface area contributed by atoms with Crippen molar-refractivity contribution >= 4 is 33.8 Å². The predicted molar refractivity (Wildman–Crippen MR) is 177 cm³/mol. The first kappa shape index (κ1) is 32.6. The van der Waals surface area contributed by atoms with E-state index in [1.807, 2.05) is 13.8 Å². The summed E-state index contributed by atoms with van der Waals surface area (Å²) in [5.41, 5.74) is 5.27. The van der Waals surface area contributed by atoms with E-state index >= 15 is 0 Å². The number of ether oxygens (including phenoxy) is 2. The van der Waals surface area contributed by atoms with Gasteiger partial charge in [-0.2, -0.15) is 0 Å². The van der Waals surface area contributed by atoms with Crippen molar-refractivity contribution in [3.63, 3.8) is 0 Å². The molecule has 3 aromatic rings. The molecular weight excluding hydrogens is 531 g/mol. The molecule has 0 atom stereocenters. The largest absolute Gasteiger partial charge is 0.353 e. The summed E-state index contributed by atoms with van der Waals surface area (Å²) in [6, 6.07) is 24.1. The highest BCUT2D eigenvalue weighted by Crippen LogP contribution is 2.62. The molecule has 40 heavy (non-hydrogen) atoms. The molecule has 0 N–H and O–H groups in total. The molecule has 4 heteroatoms. The zero-order chi connectivity index (χ0) is 28.8. The van der Waals surface area contributed by atoms with Gasteiger partial charge in [0.15, 0.2) is 6.29 Å². The van der Waals surface area contributed by atoms with Gasteiger partial charge in [0.1, 0.15) is 27.2 Å². The molecule has 0 radical (unpaired) electrons. The van der Waals surface area contributed by atoms with Crippen LogP contribution in [0, 0.1) is 20.8 Å². The van der Waals surface area contributed by atoms with Gasteiger partial charge in [-0.05, 0) is 120 Å². The first-order chi connectivity index (χ1) is 19.4. The smallest absolute Gasteiger partial charge is 0.211 e. The molecule has 0 aliphatic carbocycles. The number of aryl methyl sites for hydroxylation is 3. The average molecular weight is 580 g/mol. The van der Waals surface area contributed by atoms with Crippen molar-refractivity contribution in [3.8, 4) is 0 Å². The van der Waals surface area contributed by atoms with Gasteiger partial charge in [-0.25, -0.2) is 0 Å². The van der Waals surface area contributed by atoms with Crippen molar-refractivity contribution in [2.24, 2.45) is 0 Å². The van der Waals surface area contributed by atoms with Gasteiger partial charge in [0.05, 0.1) is 0 Å². The van der Waals surface area contributed by atoms with E-state index in [0.29, 0.717) is 13.2 Å². The Morgan fingerprint density at radius 3 is 1.80 bits per heavy atom. The number of hydrogen-bond acceptors (Lipinski definition) is 2. The fourth-order valence-electron chi connectivity index (χ4n) is 5.46. The monoisotopic (exact) mass is 579 g/mol. The molecule has 3 aromatic carbocycles. The average Bonchev–Trinajstić information content (AvgIpc) is 2.95. The highest BCUT2D eigenvalue weighted by Gasteiger charge is 2.48. The van der Waals surface area contributed by atoms with Gasteiger partial charge in [0.25, 0.3) is 0 Å². The van der Waals surface area contributed by atoms with E-state index in [0.717, 1.165) is 38.5 Å². The quantitative estimate of drug-likeness (QED) is 0.0686. The van der Waals surface area contributed by atoms with Gasteiger partial charge in [-0.15, -0.1) is 0 Å². The van der Waals surface area contributed by atoms with Crippen LogP contribution in [-0.4, -0.2) is 19.5 Å². The molecule has 0 amide bonds. The summed E-state index contributed by atoms with van der Waals surface area (Å²) in [6.45, 7) is 9.83. The van der Waals surface area contributed by atoms with Gasteiger partial charge in [-0.3, -0.25) is 0 Å². The summed E-state index contributed by atoms with van der Waals surface area (Å²) in [6.07, 6.45) is 13.7. The number of halogens is 1. The fourth-order valence-corrected chi connectivity index (χ4v) is 10.5. The highest BCUT2D eigenvalue weighted by atomic mass is 35.7. The van der Waals surface area contributed by atoms with Crippen LogP contribution in [0.25, 0.3) is 0 Å². The van der Waals surface area contributed by atoms with Crippen molar-refractivity contribution in [2.75, 3.05) is 13.2 Å². The lowest BCUT2D eigenvalue weighted by atomic mass is 10.0. The van der Waals surface area contributed by atoms with Crippen LogP contribution >= 0.6 is 17.9 Å². The van der Waals surface area contributed by atoms with Crippen molar-refractivity contribution in [1.29, 1.82) is 0 Å². The normalized spacial score (nSPS) is 12.1. The lowest BCUT2D eigenvalue weighted by Gasteiger charge is -2.24. The predicted octanol–water partition coefficient (Wildman–Crippen LogP) is 9.29. The van der Waals surface area contributed by atoms with Gasteiger partial charge in [-0.1, -0.05) is 67.1 Å². The Morgan fingerprint density at radius 1 is 0.675 bits per heavy atom. The van der Waals surface area contributed by atoms with E-state index < -0.39 is 6.62 Å². The van der Waals surface area contributed by atoms with Gasteiger partial charge >= 0.3 is 0 Å². The Labute approximate surface area is 249 Å². The first-order valence-corrected chi connectivity index (χ1v) is 17.8. The van der Waals surface area contributed by atoms with Crippen LogP contribution in [-0.2, 0) is 15.9 Å². The Bertz CT molecular complexity index is 1150. The second-order valence-corrected chi connectivity index (χ2v) is 14.7. The first-order valence-electron chi connectivity index (χ1n) is 15.1. The highest BCUT2D eigenvalue weighted by molar-refractivity contribution is 8.15. The number of unbranched alkanes of at least 4 members (excludes halogenated alkanes) is 4. The second kappa shape index (κ2) is 17.1. The summed E-state index contributed by atoms with van der Waals surface area (Å²) in [5, 5.41) is 3.82. The standard InChI is InChI=1S/C36H49ClO2P/c1-6-38-36(39-7-2)28-15-13-11-9-8-10-12-14-23-32-24-20-27-35(31(32)5)40(37,33-25-18-16-21-29(33)3)34-26-19-17-22-30(34)4/h8,10,16-22,24-27,36H,6-7,9,11-15,23,28H2,1-5H3/q+1/b10-8+. The molecule has 0 fully saturated rings. The van der Waals surface area contributed by atoms with E-state index in [-0.39, 0.29) is 6.29 Å². The summed E-state index contributed by atoms with van der Waals surface area (Å²) in [4.78, 5) is 0. The summed E-state index contributed by atoms with van der Waals surface area (Å²) in [7, 11) is 0. The Morgan fingerprint density at radius 2 is 1.23 bits per heavy atom. The number of benzene rings is 3. The Balaban J connectivity index is 1.61. The minimum Gasteiger partial charge on any atom is -0.353 e. The van der Waals surface area contributed by atoms with Gasteiger partial charge < -0.3 is 9.47 Å². The van der Waals surface area contributed by atoms with Gasteiger partial charge in [0, 0.05) is 13.2 Å². The molecule has 0 spiro atoms. The zero-order valence-electron chi connectivity index (χ0n) is 25.3. The summed E-state index contributed by atoms with van der Waals surface area (Å²) >= 11 is 7.89. The fraction of sp³-hybridized carbons (Fsp3) is 0.444. The maximum atomic E-state index is 7.89. The van der Waals surface area contributed by atoms with Crippen LogP contribution in [0.4, 0.5) is 0 Å². The third-order valence-corrected chi connectivity index (χ3v) is 12.8. The molecule has 2 nitrogen and oxygen atoms in total. The van der Waals surface area contributed by atoms with E-state index in [1.165, 1.54) is 51.0 Å². The van der Waals surface area contributed by atoms with E-state index in [9.17, 15) is 0 Å². The molecule has 0 aliphatic rings. The maximum absolute atomic E-state index is 7.89. The number of allylic oxidation sites excluding steroid dienone is 2. The lowest BCUT2D eigenvalue weighted by molar-refractivity contribution is -0.140. The molecular formula is C36H49ClO2P+. The van der Waals surface area contributed by atoms with E-state index in [1.54, 1.807) is 0 Å². The SMILES string of the molecule is CCOC(CCCCC/C=C/CCCc1cccc([P+](Cl)(c2ccccc2C)c2ccccc2C)c1C)OCC. The Hall–Kier alpha value is -1.96. The molecule has 0 saturated heterocycles. The van der Waals surface area contributed by atoms with Crippen molar-refractivity contribution in [1.82, 2.24) is 0 Å².